The van der Waals surface area contributed by atoms with Crippen LogP contribution in [0.4, 0.5) is 0 Å². The summed E-state index contributed by atoms with van der Waals surface area (Å²) in [5, 5.41) is 12.2. The molecule has 2 N–H and O–H groups in total. The highest BCUT2D eigenvalue weighted by Crippen LogP contribution is 2.21. The topological polar surface area (TPSA) is 49.3 Å². The van der Waals surface area contributed by atoms with Crippen LogP contribution in [0, 0.1) is 11.8 Å². The van der Waals surface area contributed by atoms with Crippen molar-refractivity contribution in [1.82, 2.24) is 5.32 Å². The third kappa shape index (κ3) is 3.59. The summed E-state index contributed by atoms with van der Waals surface area (Å²) in [5.41, 5.74) is 0.271. The molecule has 0 bridgehead atoms. The Morgan fingerprint density at radius 3 is 2.94 bits per heavy atom. The van der Waals surface area contributed by atoms with Gasteiger partial charge in [0.05, 0.1) is 5.56 Å². The third-order valence-corrected chi connectivity index (χ3v) is 2.41. The number of nitrogens with one attached hydrogen (secondary N) is 1. The number of phenolic OH excluding ortho intramolecular Hbond substituents is 1. The van der Waals surface area contributed by atoms with E-state index in [2.05, 4.69) is 33.1 Å². The molecule has 1 amide bonds. The van der Waals surface area contributed by atoms with Crippen LogP contribution in [0.2, 0.25) is 0 Å². The summed E-state index contributed by atoms with van der Waals surface area (Å²) in [6.07, 6.45) is 0.611. The molecule has 0 aliphatic carbocycles. The number of amides is 1. The van der Waals surface area contributed by atoms with Crippen LogP contribution in [-0.4, -0.2) is 17.6 Å². The quantitative estimate of drug-likeness (QED) is 0.660. The highest BCUT2D eigenvalue weighted by atomic mass is 79.9. The Morgan fingerprint density at radius 2 is 2.31 bits per heavy atom. The van der Waals surface area contributed by atoms with Crippen molar-refractivity contribution in [3.8, 4) is 17.6 Å². The van der Waals surface area contributed by atoms with E-state index >= 15 is 0 Å². The smallest absolute Gasteiger partial charge is 0.255 e. The number of hydrogen-bond acceptors (Lipinski definition) is 2. The Balaban J connectivity index is 2.61. The van der Waals surface area contributed by atoms with Gasteiger partial charge in [-0.25, -0.2) is 0 Å². The van der Waals surface area contributed by atoms with Gasteiger partial charge in [-0.3, -0.25) is 4.79 Å². The van der Waals surface area contributed by atoms with Crippen LogP contribution in [0.3, 0.4) is 0 Å². The SMILES string of the molecule is CC#CCCNC(=O)c1ccc(Br)cc1O. The number of phenols is 1. The summed E-state index contributed by atoms with van der Waals surface area (Å²) in [7, 11) is 0. The van der Waals surface area contributed by atoms with Crippen LogP contribution in [0.1, 0.15) is 23.7 Å². The Hall–Kier alpha value is -1.47. The van der Waals surface area contributed by atoms with Gasteiger partial charge in [0.2, 0.25) is 0 Å². The second kappa shape index (κ2) is 6.19. The molecule has 3 nitrogen and oxygen atoms in total. The molecule has 0 radical (unpaired) electrons. The minimum absolute atomic E-state index is 0.0338. The zero-order valence-corrected chi connectivity index (χ0v) is 10.5. The van der Waals surface area contributed by atoms with E-state index in [0.717, 1.165) is 4.47 Å². The van der Waals surface area contributed by atoms with Gasteiger partial charge in [-0.15, -0.1) is 11.8 Å². The average Bonchev–Trinajstić information content (AvgIpc) is 2.24. The number of carbonyl (C=O) groups excluding carboxylic acids is 1. The molecule has 0 fully saturated rings. The van der Waals surface area contributed by atoms with Crippen molar-refractivity contribution < 1.29 is 9.90 Å². The first-order valence-corrected chi connectivity index (χ1v) is 5.60. The molecular formula is C12H12BrNO2. The van der Waals surface area contributed by atoms with Crippen LogP contribution >= 0.6 is 15.9 Å². The van der Waals surface area contributed by atoms with Gasteiger partial charge in [-0.1, -0.05) is 15.9 Å². The van der Waals surface area contributed by atoms with Crippen LogP contribution in [0.5, 0.6) is 5.75 Å². The number of hydrogen-bond donors (Lipinski definition) is 2. The second-order valence-corrected chi connectivity index (χ2v) is 4.01. The predicted octanol–water partition coefficient (Wildman–Crippen LogP) is 2.30. The standard InChI is InChI=1S/C12H12BrNO2/c1-2-3-4-7-14-12(16)10-6-5-9(13)8-11(10)15/h5-6,8,15H,4,7H2,1H3,(H,14,16). The van der Waals surface area contributed by atoms with E-state index < -0.39 is 0 Å². The summed E-state index contributed by atoms with van der Waals surface area (Å²) >= 11 is 3.21. The first kappa shape index (κ1) is 12.6. The minimum atomic E-state index is -0.289. The maximum atomic E-state index is 11.6. The van der Waals surface area contributed by atoms with Gasteiger partial charge < -0.3 is 10.4 Å². The van der Waals surface area contributed by atoms with Gasteiger partial charge in [-0.05, 0) is 25.1 Å². The number of aromatic hydroxyl groups is 1. The monoisotopic (exact) mass is 281 g/mol. The summed E-state index contributed by atoms with van der Waals surface area (Å²) in [6, 6.07) is 4.77. The van der Waals surface area contributed by atoms with Crippen LogP contribution in [0.15, 0.2) is 22.7 Å². The molecule has 0 heterocycles. The van der Waals surface area contributed by atoms with E-state index in [4.69, 9.17) is 0 Å². The van der Waals surface area contributed by atoms with Crippen LogP contribution < -0.4 is 5.32 Å². The maximum absolute atomic E-state index is 11.6. The average molecular weight is 282 g/mol. The highest BCUT2D eigenvalue weighted by molar-refractivity contribution is 9.10. The van der Waals surface area contributed by atoms with Gasteiger partial charge in [0, 0.05) is 17.4 Å². The van der Waals surface area contributed by atoms with E-state index in [1.54, 1.807) is 19.1 Å². The van der Waals surface area contributed by atoms with Crippen molar-refractivity contribution in [1.29, 1.82) is 0 Å². The Morgan fingerprint density at radius 1 is 1.56 bits per heavy atom. The lowest BCUT2D eigenvalue weighted by Crippen LogP contribution is -2.24. The van der Waals surface area contributed by atoms with Crippen molar-refractivity contribution in [3.63, 3.8) is 0 Å². The van der Waals surface area contributed by atoms with Gasteiger partial charge in [0.25, 0.3) is 5.91 Å². The molecule has 0 saturated heterocycles. The molecule has 16 heavy (non-hydrogen) atoms. The molecule has 4 heteroatoms. The zero-order chi connectivity index (χ0) is 12.0. The molecule has 1 rings (SSSR count). The van der Waals surface area contributed by atoms with Gasteiger partial charge in [0.1, 0.15) is 5.75 Å². The van der Waals surface area contributed by atoms with E-state index in [1.807, 2.05) is 0 Å². The largest absolute Gasteiger partial charge is 0.507 e. The van der Waals surface area contributed by atoms with Gasteiger partial charge in [-0.2, -0.15) is 0 Å². The first-order valence-electron chi connectivity index (χ1n) is 4.81. The van der Waals surface area contributed by atoms with E-state index in [-0.39, 0.29) is 17.2 Å². The third-order valence-electron chi connectivity index (χ3n) is 1.92. The molecule has 0 atom stereocenters. The summed E-state index contributed by atoms with van der Waals surface area (Å²) < 4.78 is 0.735. The number of carbonyl (C=O) groups is 1. The first-order chi connectivity index (χ1) is 7.65. The molecule has 0 aliphatic rings. The lowest BCUT2D eigenvalue weighted by Gasteiger charge is -2.05. The van der Waals surface area contributed by atoms with Crippen molar-refractivity contribution >= 4 is 21.8 Å². The molecule has 0 saturated carbocycles. The minimum Gasteiger partial charge on any atom is -0.507 e. The molecule has 1 aromatic carbocycles. The number of benzene rings is 1. The van der Waals surface area contributed by atoms with Crippen molar-refractivity contribution in [3.05, 3.63) is 28.2 Å². The fourth-order valence-corrected chi connectivity index (χ4v) is 1.50. The molecule has 1 aromatic rings. The normalized spacial score (nSPS) is 9.12. The summed E-state index contributed by atoms with van der Waals surface area (Å²) in [5.74, 6) is 5.26. The molecule has 0 spiro atoms. The van der Waals surface area contributed by atoms with Crippen LogP contribution in [-0.2, 0) is 0 Å². The lowest BCUT2D eigenvalue weighted by atomic mass is 10.2. The molecular weight excluding hydrogens is 270 g/mol. The summed E-state index contributed by atoms with van der Waals surface area (Å²) in [6.45, 7) is 2.23. The van der Waals surface area contributed by atoms with Crippen molar-refractivity contribution in [2.75, 3.05) is 6.54 Å². The Kier molecular flexibility index (Phi) is 4.87. The van der Waals surface area contributed by atoms with Gasteiger partial charge in [0.15, 0.2) is 0 Å². The number of halogens is 1. The summed E-state index contributed by atoms with van der Waals surface area (Å²) in [4.78, 5) is 11.6. The van der Waals surface area contributed by atoms with Crippen LogP contribution in [0.25, 0.3) is 0 Å². The van der Waals surface area contributed by atoms with Crippen molar-refractivity contribution in [2.45, 2.75) is 13.3 Å². The zero-order valence-electron chi connectivity index (χ0n) is 8.88. The van der Waals surface area contributed by atoms with Crippen molar-refractivity contribution in [2.24, 2.45) is 0 Å². The van der Waals surface area contributed by atoms with Gasteiger partial charge >= 0.3 is 0 Å². The fourth-order valence-electron chi connectivity index (χ4n) is 1.16. The van der Waals surface area contributed by atoms with E-state index in [9.17, 15) is 9.90 Å². The Bertz CT molecular complexity index is 446. The predicted molar refractivity (Wildman–Crippen MR) is 66.2 cm³/mol. The lowest BCUT2D eigenvalue weighted by molar-refractivity contribution is 0.0952. The molecule has 0 aliphatic heterocycles. The molecule has 0 aromatic heterocycles. The number of rotatable bonds is 3. The second-order valence-electron chi connectivity index (χ2n) is 3.09. The molecule has 84 valence electrons. The maximum Gasteiger partial charge on any atom is 0.255 e. The highest BCUT2D eigenvalue weighted by Gasteiger charge is 2.09. The van der Waals surface area contributed by atoms with E-state index in [0.29, 0.717) is 13.0 Å². The van der Waals surface area contributed by atoms with E-state index in [1.165, 1.54) is 6.07 Å². The Labute approximate surface area is 103 Å². The fraction of sp³-hybridized carbons (Fsp3) is 0.250. The molecule has 0 unspecified atom stereocenters.